The molecular weight excluding hydrogens is 176 g/mol. The number of allylic oxidation sites excluding steroid dienone is 2. The van der Waals surface area contributed by atoms with E-state index >= 15 is 0 Å². The highest BCUT2D eigenvalue weighted by Gasteiger charge is 2.08. The molecule has 0 aromatic heterocycles. The van der Waals surface area contributed by atoms with Crippen LogP contribution < -0.4 is 4.74 Å². The number of phenolic OH excluding ortho intramolecular Hbond substituents is 1. The predicted octanol–water partition coefficient (Wildman–Crippen LogP) is 3.08. The molecule has 0 aliphatic rings. The Bertz CT molecular complexity index is 329. The Morgan fingerprint density at radius 1 is 1.43 bits per heavy atom. The molecule has 1 aromatic rings. The summed E-state index contributed by atoms with van der Waals surface area (Å²) in [6.07, 6.45) is 4.01. The monoisotopic (exact) mass is 192 g/mol. The van der Waals surface area contributed by atoms with Crippen molar-refractivity contribution < 1.29 is 9.84 Å². The smallest absolute Gasteiger partial charge is 0.119 e. The normalized spacial score (nSPS) is 13.1. The van der Waals surface area contributed by atoms with E-state index in [0.717, 1.165) is 11.3 Å². The van der Waals surface area contributed by atoms with Crippen molar-refractivity contribution >= 4 is 0 Å². The van der Waals surface area contributed by atoms with Crippen LogP contribution in [0, 0.1) is 0 Å². The molecule has 0 saturated heterocycles. The highest BCUT2D eigenvalue weighted by Crippen LogP contribution is 2.30. The van der Waals surface area contributed by atoms with Gasteiger partial charge in [-0.1, -0.05) is 19.1 Å². The van der Waals surface area contributed by atoms with Gasteiger partial charge in [0.15, 0.2) is 0 Å². The Balaban J connectivity index is 3.05. The lowest BCUT2D eigenvalue weighted by molar-refractivity contribution is 0.410. The molecule has 0 spiro atoms. The second-order valence-corrected chi connectivity index (χ2v) is 3.24. The van der Waals surface area contributed by atoms with Crippen molar-refractivity contribution in [2.45, 2.75) is 19.8 Å². The molecule has 0 heterocycles. The zero-order chi connectivity index (χ0) is 10.6. The van der Waals surface area contributed by atoms with Gasteiger partial charge in [0.25, 0.3) is 0 Å². The number of aromatic hydroxyl groups is 1. The molecule has 76 valence electrons. The van der Waals surface area contributed by atoms with Crippen LogP contribution in [0.3, 0.4) is 0 Å². The van der Waals surface area contributed by atoms with E-state index in [0.29, 0.717) is 5.75 Å². The zero-order valence-corrected chi connectivity index (χ0v) is 8.82. The van der Waals surface area contributed by atoms with Crippen LogP contribution in [0.5, 0.6) is 11.5 Å². The van der Waals surface area contributed by atoms with Gasteiger partial charge in [0.2, 0.25) is 0 Å². The van der Waals surface area contributed by atoms with Gasteiger partial charge in [-0.05, 0) is 25.1 Å². The highest BCUT2D eigenvalue weighted by atomic mass is 16.5. The topological polar surface area (TPSA) is 29.5 Å². The van der Waals surface area contributed by atoms with Crippen LogP contribution in [0.15, 0.2) is 30.4 Å². The fraction of sp³-hybridized carbons (Fsp3) is 0.333. The maximum absolute atomic E-state index is 9.64. The minimum Gasteiger partial charge on any atom is -0.508 e. The molecule has 0 aliphatic heterocycles. The summed E-state index contributed by atoms with van der Waals surface area (Å²) in [6, 6.07) is 5.27. The molecule has 1 aromatic carbocycles. The number of benzene rings is 1. The molecule has 14 heavy (non-hydrogen) atoms. The molecule has 2 nitrogen and oxygen atoms in total. The molecule has 1 rings (SSSR count). The Hall–Kier alpha value is -1.44. The molecule has 0 fully saturated rings. The number of methoxy groups -OCH3 is 1. The van der Waals surface area contributed by atoms with E-state index in [4.69, 9.17) is 4.74 Å². The highest BCUT2D eigenvalue weighted by molar-refractivity contribution is 5.42. The summed E-state index contributed by atoms with van der Waals surface area (Å²) in [5.74, 6) is 1.29. The number of rotatable bonds is 3. The molecule has 2 heteroatoms. The summed E-state index contributed by atoms with van der Waals surface area (Å²) in [4.78, 5) is 0. The Labute approximate surface area is 84.8 Å². The lowest BCUT2D eigenvalue weighted by atomic mass is 9.99. The minimum atomic E-state index is 0.204. The summed E-state index contributed by atoms with van der Waals surface area (Å²) < 4.78 is 5.10. The average molecular weight is 192 g/mol. The van der Waals surface area contributed by atoms with Crippen LogP contribution in [0.2, 0.25) is 0 Å². The Morgan fingerprint density at radius 2 is 2.14 bits per heavy atom. The largest absolute Gasteiger partial charge is 0.508 e. The number of ether oxygens (including phenoxy) is 1. The number of hydrogen-bond donors (Lipinski definition) is 1. The Kier molecular flexibility index (Phi) is 3.57. The third kappa shape index (κ3) is 2.28. The van der Waals surface area contributed by atoms with Crippen molar-refractivity contribution in [3.05, 3.63) is 35.9 Å². The van der Waals surface area contributed by atoms with E-state index in [1.54, 1.807) is 19.2 Å². The van der Waals surface area contributed by atoms with Gasteiger partial charge >= 0.3 is 0 Å². The molecule has 0 bridgehead atoms. The third-order valence-corrected chi connectivity index (χ3v) is 2.21. The van der Waals surface area contributed by atoms with Crippen molar-refractivity contribution in [3.8, 4) is 11.5 Å². The summed E-state index contributed by atoms with van der Waals surface area (Å²) in [5, 5.41) is 9.64. The van der Waals surface area contributed by atoms with Gasteiger partial charge in [-0.25, -0.2) is 0 Å². The SMILES string of the molecule is C/C=C/C(C)c1cc(OC)ccc1O. The van der Waals surface area contributed by atoms with E-state index in [1.807, 2.05) is 32.1 Å². The van der Waals surface area contributed by atoms with Crippen molar-refractivity contribution in [2.24, 2.45) is 0 Å². The standard InChI is InChI=1S/C12H16O2/c1-4-5-9(2)11-8-10(14-3)6-7-12(11)13/h4-9,13H,1-3H3/b5-4+. The van der Waals surface area contributed by atoms with Gasteiger partial charge < -0.3 is 9.84 Å². The van der Waals surface area contributed by atoms with Gasteiger partial charge in [0, 0.05) is 11.5 Å². The van der Waals surface area contributed by atoms with Gasteiger partial charge in [0.1, 0.15) is 11.5 Å². The first-order valence-electron chi connectivity index (χ1n) is 4.68. The van der Waals surface area contributed by atoms with Crippen LogP contribution in [-0.4, -0.2) is 12.2 Å². The molecule has 0 saturated carbocycles. The van der Waals surface area contributed by atoms with Gasteiger partial charge in [0.05, 0.1) is 7.11 Å². The van der Waals surface area contributed by atoms with E-state index in [1.165, 1.54) is 0 Å². The van der Waals surface area contributed by atoms with Crippen LogP contribution in [-0.2, 0) is 0 Å². The van der Waals surface area contributed by atoms with Crippen molar-refractivity contribution in [2.75, 3.05) is 7.11 Å². The van der Waals surface area contributed by atoms with Gasteiger partial charge in [-0.15, -0.1) is 0 Å². The van der Waals surface area contributed by atoms with Gasteiger partial charge in [-0.3, -0.25) is 0 Å². The molecule has 0 radical (unpaired) electrons. The first-order chi connectivity index (χ1) is 6.69. The van der Waals surface area contributed by atoms with Crippen molar-refractivity contribution in [1.82, 2.24) is 0 Å². The molecule has 0 aliphatic carbocycles. The first-order valence-corrected chi connectivity index (χ1v) is 4.68. The van der Waals surface area contributed by atoms with Crippen LogP contribution >= 0.6 is 0 Å². The summed E-state index contributed by atoms with van der Waals surface area (Å²) in [6.45, 7) is 4.00. The molecular formula is C12H16O2. The second-order valence-electron chi connectivity index (χ2n) is 3.24. The van der Waals surface area contributed by atoms with Crippen molar-refractivity contribution in [1.29, 1.82) is 0 Å². The van der Waals surface area contributed by atoms with Crippen LogP contribution in [0.25, 0.3) is 0 Å². The van der Waals surface area contributed by atoms with E-state index in [9.17, 15) is 5.11 Å². The quantitative estimate of drug-likeness (QED) is 0.746. The second kappa shape index (κ2) is 4.70. The maximum atomic E-state index is 9.64. The molecule has 1 N–H and O–H groups in total. The summed E-state index contributed by atoms with van der Waals surface area (Å²) >= 11 is 0. The fourth-order valence-corrected chi connectivity index (χ4v) is 1.42. The number of phenols is 1. The zero-order valence-electron chi connectivity index (χ0n) is 8.82. The average Bonchev–Trinajstić information content (AvgIpc) is 2.19. The van der Waals surface area contributed by atoms with Crippen LogP contribution in [0.4, 0.5) is 0 Å². The van der Waals surface area contributed by atoms with E-state index in [-0.39, 0.29) is 5.92 Å². The predicted molar refractivity (Wildman–Crippen MR) is 57.9 cm³/mol. The lowest BCUT2D eigenvalue weighted by Gasteiger charge is -2.10. The van der Waals surface area contributed by atoms with Crippen LogP contribution in [0.1, 0.15) is 25.3 Å². The van der Waals surface area contributed by atoms with Gasteiger partial charge in [-0.2, -0.15) is 0 Å². The molecule has 1 unspecified atom stereocenters. The number of hydrogen-bond acceptors (Lipinski definition) is 2. The summed E-state index contributed by atoms with van der Waals surface area (Å²) in [5.41, 5.74) is 0.891. The maximum Gasteiger partial charge on any atom is 0.119 e. The summed E-state index contributed by atoms with van der Waals surface area (Å²) in [7, 11) is 1.62. The lowest BCUT2D eigenvalue weighted by Crippen LogP contribution is -1.91. The Morgan fingerprint density at radius 3 is 2.71 bits per heavy atom. The molecule has 0 amide bonds. The first kappa shape index (κ1) is 10.6. The fourth-order valence-electron chi connectivity index (χ4n) is 1.42. The van der Waals surface area contributed by atoms with E-state index in [2.05, 4.69) is 0 Å². The minimum absolute atomic E-state index is 0.204. The molecule has 1 atom stereocenters. The van der Waals surface area contributed by atoms with E-state index < -0.39 is 0 Å². The van der Waals surface area contributed by atoms with Crippen molar-refractivity contribution in [3.63, 3.8) is 0 Å². The third-order valence-electron chi connectivity index (χ3n) is 2.21.